The van der Waals surface area contributed by atoms with Crippen LogP contribution < -0.4 is 4.90 Å². The first-order chi connectivity index (χ1) is 11.5. The molecule has 2 aromatic heterocycles. The van der Waals surface area contributed by atoms with Crippen molar-refractivity contribution in [3.05, 3.63) is 41.7 Å². The number of piperazine rings is 1. The molecule has 3 heterocycles. The van der Waals surface area contributed by atoms with Gasteiger partial charge in [-0.05, 0) is 19.1 Å². The molecular weight excluding hydrogens is 318 g/mol. The number of hydrogen-bond acceptors (Lipinski definition) is 6. The van der Waals surface area contributed by atoms with Gasteiger partial charge in [0, 0.05) is 38.6 Å². The minimum Gasteiger partial charge on any atom is -0.337 e. The van der Waals surface area contributed by atoms with Crippen molar-refractivity contribution < 1.29 is 13.6 Å². The van der Waals surface area contributed by atoms with E-state index >= 15 is 0 Å². The molecule has 0 aromatic carbocycles. The summed E-state index contributed by atoms with van der Waals surface area (Å²) in [5.41, 5.74) is -0.426. The molecule has 24 heavy (non-hydrogen) atoms. The molecule has 0 unspecified atom stereocenters. The first-order valence-electron chi connectivity index (χ1n) is 7.49. The summed E-state index contributed by atoms with van der Waals surface area (Å²) in [4.78, 5) is 32.1. The molecule has 0 aliphatic carbocycles. The van der Waals surface area contributed by atoms with Crippen molar-refractivity contribution in [3.8, 4) is 0 Å². The number of carbonyl (C=O) groups is 1. The predicted octanol–water partition coefficient (Wildman–Crippen LogP) is 1.48. The van der Waals surface area contributed by atoms with Crippen LogP contribution in [0.1, 0.15) is 28.4 Å². The molecule has 1 amide bonds. The number of alkyl halides is 2. The Labute approximate surface area is 137 Å². The minimum absolute atomic E-state index is 0.00205. The number of aromatic nitrogens is 4. The molecule has 3 rings (SSSR count). The first-order valence-corrected chi connectivity index (χ1v) is 7.49. The molecule has 0 bridgehead atoms. The standard InChI is InChI=1S/C15H16F2N6O/c1-10-20-11(13(16)17)9-12(21-10)14(24)22-5-7-23(8-6-22)15-18-3-2-4-19-15/h2-4,9,13H,5-8H2,1H3. The summed E-state index contributed by atoms with van der Waals surface area (Å²) >= 11 is 0. The number of rotatable bonds is 3. The first kappa shape index (κ1) is 16.2. The third-order valence-electron chi connectivity index (χ3n) is 3.70. The van der Waals surface area contributed by atoms with E-state index in [2.05, 4.69) is 19.9 Å². The monoisotopic (exact) mass is 334 g/mol. The highest BCUT2D eigenvalue weighted by Gasteiger charge is 2.25. The molecule has 126 valence electrons. The highest BCUT2D eigenvalue weighted by molar-refractivity contribution is 5.92. The van der Waals surface area contributed by atoms with E-state index in [4.69, 9.17) is 0 Å². The summed E-state index contributed by atoms with van der Waals surface area (Å²) in [5, 5.41) is 0. The van der Waals surface area contributed by atoms with Gasteiger partial charge in [0.25, 0.3) is 12.3 Å². The fourth-order valence-corrected chi connectivity index (χ4v) is 2.54. The van der Waals surface area contributed by atoms with Gasteiger partial charge in [0.15, 0.2) is 0 Å². The number of hydrogen-bond donors (Lipinski definition) is 0. The highest BCUT2D eigenvalue weighted by atomic mass is 19.3. The predicted molar refractivity (Wildman–Crippen MR) is 81.9 cm³/mol. The second-order valence-electron chi connectivity index (χ2n) is 5.35. The van der Waals surface area contributed by atoms with Gasteiger partial charge in [-0.15, -0.1) is 0 Å². The zero-order valence-electron chi connectivity index (χ0n) is 13.1. The third kappa shape index (κ3) is 3.44. The van der Waals surface area contributed by atoms with Crippen molar-refractivity contribution in [2.24, 2.45) is 0 Å². The van der Waals surface area contributed by atoms with Crippen LogP contribution in [-0.2, 0) is 0 Å². The molecule has 1 aliphatic heterocycles. The Morgan fingerprint density at radius 3 is 2.42 bits per heavy atom. The summed E-state index contributed by atoms with van der Waals surface area (Å²) < 4.78 is 25.7. The highest BCUT2D eigenvalue weighted by Crippen LogP contribution is 2.18. The van der Waals surface area contributed by atoms with Gasteiger partial charge < -0.3 is 9.80 Å². The van der Waals surface area contributed by atoms with E-state index in [1.54, 1.807) is 23.4 Å². The molecule has 7 nitrogen and oxygen atoms in total. The average Bonchev–Trinajstić information content (AvgIpc) is 2.61. The van der Waals surface area contributed by atoms with Crippen LogP contribution in [0.25, 0.3) is 0 Å². The molecule has 0 saturated carbocycles. The number of halogens is 2. The zero-order chi connectivity index (χ0) is 17.1. The molecular formula is C15H16F2N6O. The third-order valence-corrected chi connectivity index (χ3v) is 3.70. The van der Waals surface area contributed by atoms with Crippen molar-refractivity contribution in [2.75, 3.05) is 31.1 Å². The Hall–Kier alpha value is -2.71. The molecule has 0 radical (unpaired) electrons. The van der Waals surface area contributed by atoms with Crippen LogP contribution >= 0.6 is 0 Å². The summed E-state index contributed by atoms with van der Waals surface area (Å²) in [7, 11) is 0. The zero-order valence-corrected chi connectivity index (χ0v) is 13.1. The second-order valence-corrected chi connectivity index (χ2v) is 5.35. The summed E-state index contributed by atoms with van der Waals surface area (Å²) in [6, 6.07) is 2.80. The van der Waals surface area contributed by atoms with Gasteiger partial charge in [-0.2, -0.15) is 0 Å². The summed E-state index contributed by atoms with van der Waals surface area (Å²) in [5.74, 6) is 0.408. The topological polar surface area (TPSA) is 75.1 Å². The van der Waals surface area contributed by atoms with Gasteiger partial charge in [-0.25, -0.2) is 28.7 Å². The maximum Gasteiger partial charge on any atom is 0.280 e. The Kier molecular flexibility index (Phi) is 4.59. The largest absolute Gasteiger partial charge is 0.337 e. The lowest BCUT2D eigenvalue weighted by atomic mass is 10.2. The van der Waals surface area contributed by atoms with Crippen LogP contribution in [-0.4, -0.2) is 56.9 Å². The van der Waals surface area contributed by atoms with Gasteiger partial charge in [0.05, 0.1) is 0 Å². The molecule has 2 aromatic rings. The van der Waals surface area contributed by atoms with E-state index in [1.807, 2.05) is 4.90 Å². The van der Waals surface area contributed by atoms with Crippen molar-refractivity contribution in [3.63, 3.8) is 0 Å². The van der Waals surface area contributed by atoms with E-state index in [1.165, 1.54) is 6.92 Å². The summed E-state index contributed by atoms with van der Waals surface area (Å²) in [6.07, 6.45) is 0.593. The minimum atomic E-state index is -2.73. The number of carbonyl (C=O) groups excluding carboxylic acids is 1. The SMILES string of the molecule is Cc1nc(C(=O)N2CCN(c3ncccn3)CC2)cc(C(F)F)n1. The Morgan fingerprint density at radius 2 is 1.79 bits per heavy atom. The van der Waals surface area contributed by atoms with Crippen LogP contribution in [0, 0.1) is 6.92 Å². The number of aryl methyl sites for hydroxylation is 1. The fraction of sp³-hybridized carbons (Fsp3) is 0.400. The van der Waals surface area contributed by atoms with Gasteiger partial charge in [0.2, 0.25) is 5.95 Å². The maximum atomic E-state index is 12.8. The molecule has 1 fully saturated rings. The lowest BCUT2D eigenvalue weighted by Crippen LogP contribution is -2.49. The molecule has 0 N–H and O–H groups in total. The van der Waals surface area contributed by atoms with Gasteiger partial charge in [0.1, 0.15) is 17.2 Å². The van der Waals surface area contributed by atoms with E-state index < -0.39 is 12.1 Å². The normalized spacial score (nSPS) is 15.0. The van der Waals surface area contributed by atoms with Crippen LogP contribution in [0.2, 0.25) is 0 Å². The quantitative estimate of drug-likeness (QED) is 0.846. The van der Waals surface area contributed by atoms with Gasteiger partial charge in [-0.3, -0.25) is 4.79 Å². The molecule has 0 spiro atoms. The Balaban J connectivity index is 1.69. The van der Waals surface area contributed by atoms with Crippen LogP contribution in [0.4, 0.5) is 14.7 Å². The van der Waals surface area contributed by atoms with Crippen LogP contribution in [0.15, 0.2) is 24.5 Å². The summed E-state index contributed by atoms with van der Waals surface area (Å²) in [6.45, 7) is 3.53. The number of anilines is 1. The Bertz CT molecular complexity index is 719. The van der Waals surface area contributed by atoms with E-state index in [0.717, 1.165) is 6.07 Å². The van der Waals surface area contributed by atoms with Crippen molar-refractivity contribution >= 4 is 11.9 Å². The fourth-order valence-electron chi connectivity index (χ4n) is 2.54. The van der Waals surface area contributed by atoms with E-state index in [0.29, 0.717) is 32.1 Å². The van der Waals surface area contributed by atoms with Crippen LogP contribution in [0.3, 0.4) is 0 Å². The molecule has 9 heteroatoms. The van der Waals surface area contributed by atoms with Gasteiger partial charge >= 0.3 is 0 Å². The van der Waals surface area contributed by atoms with Crippen molar-refractivity contribution in [1.82, 2.24) is 24.8 Å². The average molecular weight is 334 g/mol. The Morgan fingerprint density at radius 1 is 1.12 bits per heavy atom. The maximum absolute atomic E-state index is 12.8. The number of nitrogens with zero attached hydrogens (tertiary/aromatic N) is 6. The lowest BCUT2D eigenvalue weighted by Gasteiger charge is -2.34. The van der Waals surface area contributed by atoms with Gasteiger partial charge in [-0.1, -0.05) is 0 Å². The van der Waals surface area contributed by atoms with Crippen LogP contribution in [0.5, 0.6) is 0 Å². The van der Waals surface area contributed by atoms with Crippen molar-refractivity contribution in [2.45, 2.75) is 13.3 Å². The van der Waals surface area contributed by atoms with E-state index in [9.17, 15) is 13.6 Å². The lowest BCUT2D eigenvalue weighted by molar-refractivity contribution is 0.0739. The van der Waals surface area contributed by atoms with E-state index in [-0.39, 0.29) is 17.4 Å². The molecule has 0 atom stereocenters. The smallest absolute Gasteiger partial charge is 0.280 e. The van der Waals surface area contributed by atoms with Crippen molar-refractivity contribution in [1.29, 1.82) is 0 Å². The number of amides is 1. The molecule has 1 aliphatic rings. The molecule has 1 saturated heterocycles. The second kappa shape index (κ2) is 6.81.